The predicted octanol–water partition coefficient (Wildman–Crippen LogP) is 3.50. The van der Waals surface area contributed by atoms with Crippen LogP contribution in [-0.4, -0.2) is 26.8 Å². The van der Waals surface area contributed by atoms with Crippen molar-refractivity contribution >= 4 is 11.6 Å². The van der Waals surface area contributed by atoms with Gasteiger partial charge in [0.2, 0.25) is 5.88 Å². The molecule has 0 saturated heterocycles. The highest BCUT2D eigenvalue weighted by Gasteiger charge is 2.08. The van der Waals surface area contributed by atoms with Crippen LogP contribution < -0.4 is 10.1 Å². The predicted molar refractivity (Wildman–Crippen MR) is 73.6 cm³/mol. The molecule has 8 heteroatoms. The van der Waals surface area contributed by atoms with Gasteiger partial charge in [0, 0.05) is 18.5 Å². The van der Waals surface area contributed by atoms with Gasteiger partial charge in [0.05, 0.1) is 6.20 Å². The zero-order chi connectivity index (χ0) is 14.9. The average Bonchev–Trinajstić information content (AvgIpc) is 3.14. The Morgan fingerprint density at radius 1 is 1.14 bits per heavy atom. The summed E-state index contributed by atoms with van der Waals surface area (Å²) in [4.78, 5) is 7.76. The van der Waals surface area contributed by atoms with Crippen molar-refractivity contribution in [1.29, 1.82) is 0 Å². The van der Waals surface area contributed by atoms with E-state index in [1.807, 2.05) is 0 Å². The number of alkyl halides is 2. The van der Waals surface area contributed by atoms with E-state index in [4.69, 9.17) is 0 Å². The van der Waals surface area contributed by atoms with Crippen LogP contribution in [0.5, 0.6) is 5.88 Å². The van der Waals surface area contributed by atoms with Crippen molar-refractivity contribution in [2.24, 2.45) is 0 Å². The molecule has 2 heterocycles. The molecule has 6 nitrogen and oxygen atoms in total. The first-order chi connectivity index (χ1) is 10.2. The fraction of sp³-hybridized carbons (Fsp3) is 0.462. The van der Waals surface area contributed by atoms with E-state index in [1.165, 1.54) is 56.8 Å². The van der Waals surface area contributed by atoms with E-state index >= 15 is 0 Å². The number of nitrogens with zero attached hydrogens (tertiary/aromatic N) is 3. The maximum absolute atomic E-state index is 11.8. The third-order valence-electron chi connectivity index (χ3n) is 2.84. The van der Waals surface area contributed by atoms with Gasteiger partial charge in [0.25, 0.3) is 0 Å². The Morgan fingerprint density at radius 2 is 1.86 bits per heavy atom. The molecule has 1 aliphatic rings. The second-order valence-corrected chi connectivity index (χ2v) is 4.48. The lowest BCUT2D eigenvalue weighted by Gasteiger charge is -1.99. The molecule has 21 heavy (non-hydrogen) atoms. The highest BCUT2D eigenvalue weighted by Crippen LogP contribution is 2.17. The van der Waals surface area contributed by atoms with E-state index in [1.54, 1.807) is 0 Å². The summed E-state index contributed by atoms with van der Waals surface area (Å²) in [6.45, 7) is -2.90. The molecule has 2 aromatic rings. The molecule has 0 bridgehead atoms. The van der Waals surface area contributed by atoms with E-state index in [-0.39, 0.29) is 5.88 Å². The number of hydrogen-bond donors (Lipinski definition) is 2. The van der Waals surface area contributed by atoms with Crippen molar-refractivity contribution < 1.29 is 13.5 Å². The molecule has 0 atom stereocenters. The Bertz CT molecular complexity index is 509. The summed E-state index contributed by atoms with van der Waals surface area (Å²) in [6.07, 6.45) is 12.0. The van der Waals surface area contributed by atoms with Crippen molar-refractivity contribution in [3.8, 4) is 5.88 Å². The molecule has 0 radical (unpaired) electrons. The summed E-state index contributed by atoms with van der Waals surface area (Å²) in [5.74, 6) is 0.660. The van der Waals surface area contributed by atoms with Crippen molar-refractivity contribution in [1.82, 2.24) is 20.2 Å². The van der Waals surface area contributed by atoms with Crippen LogP contribution in [0, 0.1) is 0 Å². The van der Waals surface area contributed by atoms with E-state index in [0.29, 0.717) is 11.6 Å². The molecule has 0 aromatic carbocycles. The summed E-state index contributed by atoms with van der Waals surface area (Å²) >= 11 is 0. The first kappa shape index (κ1) is 15.1. The molecule has 1 saturated carbocycles. The van der Waals surface area contributed by atoms with E-state index in [9.17, 15) is 8.78 Å². The molecule has 0 amide bonds. The van der Waals surface area contributed by atoms with Crippen LogP contribution in [0.4, 0.5) is 20.4 Å². The smallest absolute Gasteiger partial charge is 0.388 e. The van der Waals surface area contributed by atoms with Crippen LogP contribution in [0.15, 0.2) is 24.7 Å². The molecular formula is C13H17F2N5O. The van der Waals surface area contributed by atoms with Gasteiger partial charge >= 0.3 is 6.61 Å². The Hall–Kier alpha value is -2.25. The molecule has 0 unspecified atom stereocenters. The molecule has 1 aliphatic carbocycles. The van der Waals surface area contributed by atoms with Crippen LogP contribution >= 0.6 is 0 Å². The number of anilines is 2. The number of halogens is 2. The van der Waals surface area contributed by atoms with Crippen LogP contribution in [0.3, 0.4) is 0 Å². The van der Waals surface area contributed by atoms with E-state index in [0.717, 1.165) is 0 Å². The Kier molecular flexibility index (Phi) is 5.86. The Labute approximate surface area is 121 Å². The van der Waals surface area contributed by atoms with Crippen molar-refractivity contribution in [2.45, 2.75) is 38.7 Å². The van der Waals surface area contributed by atoms with Gasteiger partial charge in [-0.15, -0.1) is 5.10 Å². The quantitative estimate of drug-likeness (QED) is 0.903. The van der Waals surface area contributed by atoms with Crippen LogP contribution in [-0.2, 0) is 0 Å². The molecule has 0 aliphatic heterocycles. The molecule has 0 spiro atoms. The lowest BCUT2D eigenvalue weighted by Crippen LogP contribution is -2.01. The Morgan fingerprint density at radius 3 is 2.43 bits per heavy atom. The second-order valence-electron chi connectivity index (χ2n) is 4.48. The largest absolute Gasteiger partial charge is 0.415 e. The molecule has 2 N–H and O–H groups in total. The Balaban J connectivity index is 0.000000272. The first-order valence-electron chi connectivity index (χ1n) is 6.77. The van der Waals surface area contributed by atoms with Gasteiger partial charge in [-0.05, 0) is 0 Å². The molecule has 114 valence electrons. The zero-order valence-electron chi connectivity index (χ0n) is 11.4. The molecule has 1 fully saturated rings. The summed E-state index contributed by atoms with van der Waals surface area (Å²) in [7, 11) is 0. The third-order valence-corrected chi connectivity index (χ3v) is 2.84. The fourth-order valence-electron chi connectivity index (χ4n) is 1.90. The normalized spacial score (nSPS) is 13.7. The standard InChI is InChI=1S/C8H7F2N5O.C5H10/c9-8(10)16-7-3-5(14-15-7)13-6-4-11-1-2-12-6;1-2-4-5-3-1/h1-4,8H,(H2,12,13,14,15);1-5H2. The zero-order valence-corrected chi connectivity index (χ0v) is 11.4. The molecular weight excluding hydrogens is 280 g/mol. The van der Waals surface area contributed by atoms with Crippen LogP contribution in [0.1, 0.15) is 32.1 Å². The van der Waals surface area contributed by atoms with E-state index < -0.39 is 6.61 Å². The highest BCUT2D eigenvalue weighted by atomic mass is 19.3. The number of hydrogen-bond acceptors (Lipinski definition) is 5. The SMILES string of the molecule is C1CCCC1.FC(F)Oc1cc(Nc2cnccn2)[nH]n1. The number of nitrogens with one attached hydrogen (secondary N) is 2. The minimum atomic E-state index is -2.90. The van der Waals surface area contributed by atoms with Gasteiger partial charge < -0.3 is 10.1 Å². The van der Waals surface area contributed by atoms with Crippen LogP contribution in [0.25, 0.3) is 0 Å². The number of aromatic nitrogens is 4. The van der Waals surface area contributed by atoms with Gasteiger partial charge in [-0.25, -0.2) is 4.98 Å². The topological polar surface area (TPSA) is 75.7 Å². The maximum atomic E-state index is 11.8. The van der Waals surface area contributed by atoms with Crippen molar-refractivity contribution in [3.05, 3.63) is 24.7 Å². The minimum Gasteiger partial charge on any atom is -0.415 e. The van der Waals surface area contributed by atoms with Crippen LogP contribution in [0.2, 0.25) is 0 Å². The fourth-order valence-corrected chi connectivity index (χ4v) is 1.90. The summed E-state index contributed by atoms with van der Waals surface area (Å²) in [5, 5.41) is 8.77. The highest BCUT2D eigenvalue weighted by molar-refractivity contribution is 5.51. The second kappa shape index (κ2) is 8.13. The van der Waals surface area contributed by atoms with E-state index in [2.05, 4.69) is 30.2 Å². The summed E-state index contributed by atoms with van der Waals surface area (Å²) < 4.78 is 27.8. The van der Waals surface area contributed by atoms with Gasteiger partial charge in [-0.3, -0.25) is 10.1 Å². The molecule has 3 rings (SSSR count). The lowest BCUT2D eigenvalue weighted by atomic mass is 10.4. The minimum absolute atomic E-state index is 0.193. The summed E-state index contributed by atoms with van der Waals surface area (Å²) in [5.41, 5.74) is 0. The van der Waals surface area contributed by atoms with Crippen molar-refractivity contribution in [2.75, 3.05) is 5.32 Å². The third kappa shape index (κ3) is 5.72. The number of ether oxygens (including phenoxy) is 1. The van der Waals surface area contributed by atoms with Gasteiger partial charge in [0.15, 0.2) is 0 Å². The first-order valence-corrected chi connectivity index (χ1v) is 6.77. The van der Waals surface area contributed by atoms with Gasteiger partial charge in [0.1, 0.15) is 11.6 Å². The van der Waals surface area contributed by atoms with Gasteiger partial charge in [-0.2, -0.15) is 8.78 Å². The monoisotopic (exact) mass is 297 g/mol. The summed E-state index contributed by atoms with van der Waals surface area (Å²) in [6, 6.07) is 1.29. The lowest BCUT2D eigenvalue weighted by molar-refractivity contribution is -0.0528. The number of aromatic amines is 1. The average molecular weight is 297 g/mol. The number of rotatable bonds is 4. The molecule has 2 aromatic heterocycles. The number of H-pyrrole nitrogens is 1. The maximum Gasteiger partial charge on any atom is 0.388 e. The van der Waals surface area contributed by atoms with Gasteiger partial charge in [-0.1, -0.05) is 32.1 Å². The van der Waals surface area contributed by atoms with Crippen molar-refractivity contribution in [3.63, 3.8) is 0 Å².